The summed E-state index contributed by atoms with van der Waals surface area (Å²) in [6.07, 6.45) is -9.16. The number of aromatic hydroxyl groups is 4. The molecule has 1 fully saturated rings. The minimum Gasteiger partial charge on any atom is -0.545 e. The molecule has 1 saturated heterocycles. The number of ketones is 2. The van der Waals surface area contributed by atoms with Gasteiger partial charge in [0, 0.05) is 16.7 Å². The zero-order valence-electron chi connectivity index (χ0n) is 18.8. The second-order valence-corrected chi connectivity index (χ2v) is 8.22. The molecule has 186 valence electrons. The second-order valence-electron chi connectivity index (χ2n) is 8.22. The van der Waals surface area contributed by atoms with Crippen LogP contribution in [-0.4, -0.2) is 89.4 Å². The van der Waals surface area contributed by atoms with Crippen molar-refractivity contribution in [1.82, 2.24) is 0 Å². The van der Waals surface area contributed by atoms with Crippen LogP contribution in [0, 0.1) is 6.92 Å². The number of hydrogen-bond acceptors (Lipinski definition) is 13. The van der Waals surface area contributed by atoms with Gasteiger partial charge in [-0.25, -0.2) is 0 Å². The molecule has 2 aromatic carbocycles. The Balaban J connectivity index is 0.00000361. The summed E-state index contributed by atoms with van der Waals surface area (Å²) in [4.78, 5) is 37.9. The maximum Gasteiger partial charge on any atom is 1.00 e. The second kappa shape index (κ2) is 9.38. The van der Waals surface area contributed by atoms with Gasteiger partial charge in [0.1, 0.15) is 42.0 Å². The van der Waals surface area contributed by atoms with E-state index in [4.69, 9.17) is 4.74 Å². The maximum atomic E-state index is 13.4. The molecule has 0 amide bonds. The van der Waals surface area contributed by atoms with E-state index in [0.29, 0.717) is 6.07 Å². The first kappa shape index (κ1) is 27.4. The monoisotopic (exact) mass is 498 g/mol. The van der Waals surface area contributed by atoms with Gasteiger partial charge >= 0.3 is 18.9 Å². The van der Waals surface area contributed by atoms with Crippen LogP contribution in [0.4, 0.5) is 0 Å². The molecule has 8 N–H and O–H groups in total. The minimum absolute atomic E-state index is 0. The molecule has 2 aromatic rings. The zero-order chi connectivity index (χ0) is 26.1. The molecule has 0 radical (unpaired) electrons. The van der Waals surface area contributed by atoms with Crippen LogP contribution >= 0.6 is 0 Å². The van der Waals surface area contributed by atoms with Crippen LogP contribution in [0.25, 0.3) is 0 Å². The Morgan fingerprint density at radius 3 is 2.06 bits per heavy atom. The zero-order valence-corrected chi connectivity index (χ0v) is 18.8. The van der Waals surface area contributed by atoms with E-state index in [1.165, 1.54) is 0 Å². The van der Waals surface area contributed by atoms with Gasteiger partial charge in [0.05, 0.1) is 29.3 Å². The molecular formula is C22H19LiO13. The fourth-order valence-corrected chi connectivity index (χ4v) is 4.57. The number of aromatic carboxylic acids is 1. The van der Waals surface area contributed by atoms with Crippen LogP contribution in [0.2, 0.25) is 0 Å². The van der Waals surface area contributed by atoms with E-state index in [-0.39, 0.29) is 24.4 Å². The summed E-state index contributed by atoms with van der Waals surface area (Å²) in [6.45, 7) is 0.245. The Bertz CT molecular complexity index is 1300. The normalized spacial score (nSPS) is 25.1. The Hall–Kier alpha value is -3.15. The summed E-state index contributed by atoms with van der Waals surface area (Å²) in [6, 6.07) is 0.676. The van der Waals surface area contributed by atoms with Crippen molar-refractivity contribution in [2.45, 2.75) is 37.4 Å². The summed E-state index contributed by atoms with van der Waals surface area (Å²) in [7, 11) is 0. The number of carbonyl (C=O) groups is 3. The molecule has 2 aliphatic rings. The van der Waals surface area contributed by atoms with Crippen LogP contribution < -0.4 is 24.0 Å². The Labute approximate surface area is 213 Å². The predicted octanol–water partition coefficient (Wildman–Crippen LogP) is -5.52. The maximum absolute atomic E-state index is 13.4. The quantitative estimate of drug-likeness (QED) is 0.0955. The third-order valence-electron chi connectivity index (χ3n) is 6.32. The summed E-state index contributed by atoms with van der Waals surface area (Å²) >= 11 is 0. The first-order valence-corrected chi connectivity index (χ1v) is 10.1. The first-order valence-electron chi connectivity index (χ1n) is 10.1. The Kier molecular flexibility index (Phi) is 7.15. The minimum atomic E-state index is -2.04. The van der Waals surface area contributed by atoms with Crippen molar-refractivity contribution in [2.24, 2.45) is 0 Å². The molecule has 1 aliphatic heterocycles. The van der Waals surface area contributed by atoms with E-state index >= 15 is 0 Å². The number of carboxylic acids is 1. The Morgan fingerprint density at radius 1 is 0.917 bits per heavy atom. The average molecular weight is 498 g/mol. The molecule has 14 heteroatoms. The van der Waals surface area contributed by atoms with Crippen molar-refractivity contribution in [3.8, 4) is 23.0 Å². The molecule has 0 spiro atoms. The number of aliphatic hydroxyl groups excluding tert-OH is 4. The number of phenols is 4. The smallest absolute Gasteiger partial charge is 0.545 e. The SMILES string of the molecule is Cc1c(C(=O)[O-])c(O)cc2c1C(=O)c1c(O)c([C@H]3O[C@H](CO)[C@@H](O)[C@H](O)[C@H]3O)c(O)c(O)c1C2=O.[Li+]. The largest absolute Gasteiger partial charge is 1.00 e. The van der Waals surface area contributed by atoms with E-state index in [1.807, 2.05) is 0 Å². The van der Waals surface area contributed by atoms with Gasteiger partial charge in [-0.05, 0) is 18.6 Å². The van der Waals surface area contributed by atoms with E-state index in [9.17, 15) is 60.3 Å². The fourth-order valence-electron chi connectivity index (χ4n) is 4.57. The number of rotatable bonds is 3. The first-order chi connectivity index (χ1) is 16.3. The molecule has 36 heavy (non-hydrogen) atoms. The molecule has 1 heterocycles. The van der Waals surface area contributed by atoms with Crippen LogP contribution in [0.3, 0.4) is 0 Å². The number of aliphatic hydroxyl groups is 4. The van der Waals surface area contributed by atoms with Gasteiger partial charge in [-0.3, -0.25) is 9.59 Å². The third-order valence-corrected chi connectivity index (χ3v) is 6.32. The van der Waals surface area contributed by atoms with Gasteiger partial charge in [-0.2, -0.15) is 0 Å². The third kappa shape index (κ3) is 3.64. The molecular weight excluding hydrogens is 479 g/mol. The summed E-state index contributed by atoms with van der Waals surface area (Å²) in [5.41, 5.74) is -4.78. The van der Waals surface area contributed by atoms with Crippen molar-refractivity contribution >= 4 is 17.5 Å². The van der Waals surface area contributed by atoms with Crippen molar-refractivity contribution in [3.63, 3.8) is 0 Å². The molecule has 4 rings (SSSR count). The number of phenolic OH excluding ortho intramolecular Hbond substituents is 3. The predicted molar refractivity (Wildman–Crippen MR) is 108 cm³/mol. The summed E-state index contributed by atoms with van der Waals surface area (Å²) in [5, 5.41) is 93.4. The number of fused-ring (bicyclic) bond motifs is 2. The summed E-state index contributed by atoms with van der Waals surface area (Å²) in [5.74, 6) is -8.64. The van der Waals surface area contributed by atoms with Gasteiger partial charge in [0.2, 0.25) is 0 Å². The van der Waals surface area contributed by atoms with Crippen LogP contribution in [0.5, 0.6) is 23.0 Å². The van der Waals surface area contributed by atoms with E-state index < -0.39 is 111 Å². The molecule has 0 saturated carbocycles. The summed E-state index contributed by atoms with van der Waals surface area (Å²) < 4.78 is 5.29. The number of carboxylic acid groups (broad SMARTS) is 1. The standard InChI is InChI=1S/C22H20O13.Li/c1-4-8-5(2-6(24)9(4)22(33)34)13(25)10-11(15(8)27)16(28)12(18(30)17(10)29)21-20(32)19(31)14(26)7(3-23)35-21;/h2,7,14,19-21,23-24,26,28-32H,3H2,1H3,(H,33,34);/q;+1/p-1/t7-,14-,19+,20-,21-;/m1./s1. The van der Waals surface area contributed by atoms with Gasteiger partial charge in [-0.15, -0.1) is 0 Å². The molecule has 5 atom stereocenters. The van der Waals surface area contributed by atoms with Crippen LogP contribution in [0.1, 0.15) is 59.4 Å². The number of ether oxygens (including phenoxy) is 1. The van der Waals surface area contributed by atoms with Crippen molar-refractivity contribution in [2.75, 3.05) is 6.61 Å². The Morgan fingerprint density at radius 2 is 1.50 bits per heavy atom. The molecule has 0 unspecified atom stereocenters. The van der Waals surface area contributed by atoms with E-state index in [0.717, 1.165) is 6.92 Å². The number of carbonyl (C=O) groups excluding carboxylic acids is 3. The van der Waals surface area contributed by atoms with Gasteiger partial charge in [0.15, 0.2) is 23.1 Å². The molecule has 0 bridgehead atoms. The van der Waals surface area contributed by atoms with Gasteiger partial charge in [-0.1, -0.05) is 0 Å². The van der Waals surface area contributed by atoms with Crippen LogP contribution in [0.15, 0.2) is 6.07 Å². The van der Waals surface area contributed by atoms with Crippen molar-refractivity contribution in [3.05, 3.63) is 45.0 Å². The molecule has 13 nitrogen and oxygen atoms in total. The van der Waals surface area contributed by atoms with E-state index in [2.05, 4.69) is 0 Å². The average Bonchev–Trinajstić information content (AvgIpc) is 2.79. The van der Waals surface area contributed by atoms with Crippen molar-refractivity contribution < 1.29 is 83.9 Å². The topological polar surface area (TPSA) is 245 Å². The molecule has 1 aliphatic carbocycles. The van der Waals surface area contributed by atoms with Crippen molar-refractivity contribution in [1.29, 1.82) is 0 Å². The molecule has 0 aromatic heterocycles. The van der Waals surface area contributed by atoms with Gasteiger partial charge < -0.3 is 55.5 Å². The van der Waals surface area contributed by atoms with Crippen LogP contribution in [-0.2, 0) is 4.74 Å². The van der Waals surface area contributed by atoms with E-state index in [1.54, 1.807) is 0 Å². The number of hydrogen-bond donors (Lipinski definition) is 8. The number of benzene rings is 2. The van der Waals surface area contributed by atoms with Gasteiger partial charge in [0.25, 0.3) is 0 Å². The fraction of sp³-hybridized carbons (Fsp3) is 0.318.